The third kappa shape index (κ3) is 4.40. The zero-order valence-electron chi connectivity index (χ0n) is 9.75. The second kappa shape index (κ2) is 6.38. The second-order valence-corrected chi connectivity index (χ2v) is 4.23. The fraction of sp³-hybridized carbons (Fsp3) is 1.00. The SMILES string of the molecule is CCNC(C)CCN1CCOC(C)C1. The molecule has 1 saturated heterocycles. The van der Waals surface area contributed by atoms with E-state index in [0.717, 1.165) is 26.2 Å². The zero-order valence-corrected chi connectivity index (χ0v) is 9.75. The first-order chi connectivity index (χ1) is 6.72. The van der Waals surface area contributed by atoms with Crippen molar-refractivity contribution in [2.24, 2.45) is 0 Å². The molecule has 1 heterocycles. The lowest BCUT2D eigenvalue weighted by molar-refractivity contribution is -0.0190. The minimum atomic E-state index is 0.415. The molecule has 1 N–H and O–H groups in total. The van der Waals surface area contributed by atoms with Crippen LogP contribution >= 0.6 is 0 Å². The van der Waals surface area contributed by atoms with Crippen molar-refractivity contribution in [3.63, 3.8) is 0 Å². The van der Waals surface area contributed by atoms with Crippen molar-refractivity contribution >= 4 is 0 Å². The quantitative estimate of drug-likeness (QED) is 0.719. The van der Waals surface area contributed by atoms with E-state index >= 15 is 0 Å². The summed E-state index contributed by atoms with van der Waals surface area (Å²) < 4.78 is 5.51. The summed E-state index contributed by atoms with van der Waals surface area (Å²) in [6.45, 7) is 11.9. The van der Waals surface area contributed by atoms with E-state index < -0.39 is 0 Å². The summed E-state index contributed by atoms with van der Waals surface area (Å²) in [6, 6.07) is 0.637. The van der Waals surface area contributed by atoms with Gasteiger partial charge in [-0.05, 0) is 33.4 Å². The molecule has 1 rings (SSSR count). The van der Waals surface area contributed by atoms with Crippen LogP contribution in [0, 0.1) is 0 Å². The van der Waals surface area contributed by atoms with Crippen LogP contribution in [-0.4, -0.2) is 49.8 Å². The molecule has 2 atom stereocenters. The van der Waals surface area contributed by atoms with Gasteiger partial charge in [-0.3, -0.25) is 4.90 Å². The van der Waals surface area contributed by atoms with Crippen molar-refractivity contribution in [2.75, 3.05) is 32.8 Å². The second-order valence-electron chi connectivity index (χ2n) is 4.23. The van der Waals surface area contributed by atoms with Crippen LogP contribution in [0.15, 0.2) is 0 Å². The smallest absolute Gasteiger partial charge is 0.0674 e. The number of rotatable bonds is 5. The maximum Gasteiger partial charge on any atom is 0.0674 e. The molecule has 1 aliphatic heterocycles. The van der Waals surface area contributed by atoms with Crippen molar-refractivity contribution < 1.29 is 4.74 Å². The van der Waals surface area contributed by atoms with Crippen molar-refractivity contribution in [2.45, 2.75) is 39.3 Å². The van der Waals surface area contributed by atoms with Crippen molar-refractivity contribution in [3.8, 4) is 0 Å². The average molecular weight is 200 g/mol. The third-order valence-electron chi connectivity index (χ3n) is 2.76. The van der Waals surface area contributed by atoms with Gasteiger partial charge in [-0.25, -0.2) is 0 Å². The van der Waals surface area contributed by atoms with Gasteiger partial charge in [0.25, 0.3) is 0 Å². The van der Waals surface area contributed by atoms with E-state index in [1.807, 2.05) is 0 Å². The highest BCUT2D eigenvalue weighted by molar-refractivity contribution is 4.70. The van der Waals surface area contributed by atoms with Gasteiger partial charge in [-0.15, -0.1) is 0 Å². The van der Waals surface area contributed by atoms with Crippen LogP contribution in [-0.2, 0) is 4.74 Å². The molecule has 84 valence electrons. The van der Waals surface area contributed by atoms with Crippen LogP contribution in [0.5, 0.6) is 0 Å². The lowest BCUT2D eigenvalue weighted by atomic mass is 10.2. The number of ether oxygens (including phenoxy) is 1. The Bertz CT molecular complexity index is 152. The summed E-state index contributed by atoms with van der Waals surface area (Å²) in [5.74, 6) is 0. The predicted molar refractivity (Wildman–Crippen MR) is 59.6 cm³/mol. The van der Waals surface area contributed by atoms with Gasteiger partial charge in [0.05, 0.1) is 12.7 Å². The fourth-order valence-corrected chi connectivity index (χ4v) is 1.92. The van der Waals surface area contributed by atoms with Gasteiger partial charge in [0.15, 0.2) is 0 Å². The summed E-state index contributed by atoms with van der Waals surface area (Å²) in [4.78, 5) is 2.50. The van der Waals surface area contributed by atoms with Gasteiger partial charge in [0.1, 0.15) is 0 Å². The molecule has 3 heteroatoms. The van der Waals surface area contributed by atoms with Gasteiger partial charge < -0.3 is 10.1 Å². The number of morpholine rings is 1. The Hall–Kier alpha value is -0.120. The highest BCUT2D eigenvalue weighted by atomic mass is 16.5. The van der Waals surface area contributed by atoms with E-state index in [0.29, 0.717) is 12.1 Å². The molecular weight excluding hydrogens is 176 g/mol. The van der Waals surface area contributed by atoms with Gasteiger partial charge in [-0.1, -0.05) is 6.92 Å². The number of nitrogens with zero attached hydrogens (tertiary/aromatic N) is 1. The van der Waals surface area contributed by atoms with E-state index in [2.05, 4.69) is 31.0 Å². The zero-order chi connectivity index (χ0) is 10.4. The summed E-state index contributed by atoms with van der Waals surface area (Å²) >= 11 is 0. The van der Waals surface area contributed by atoms with Crippen LogP contribution in [0.3, 0.4) is 0 Å². The highest BCUT2D eigenvalue weighted by Gasteiger charge is 2.16. The third-order valence-corrected chi connectivity index (χ3v) is 2.76. The van der Waals surface area contributed by atoms with Crippen LogP contribution in [0.2, 0.25) is 0 Å². The first kappa shape index (κ1) is 12.0. The Labute approximate surface area is 87.8 Å². The fourth-order valence-electron chi connectivity index (χ4n) is 1.92. The molecule has 1 aliphatic rings. The molecule has 0 amide bonds. The van der Waals surface area contributed by atoms with E-state index in [1.54, 1.807) is 0 Å². The maximum absolute atomic E-state index is 5.51. The molecule has 0 spiro atoms. The van der Waals surface area contributed by atoms with Crippen molar-refractivity contribution in [1.29, 1.82) is 0 Å². The van der Waals surface area contributed by atoms with E-state index in [4.69, 9.17) is 4.74 Å². The standard InChI is InChI=1S/C11H24N2O/c1-4-12-10(2)5-6-13-7-8-14-11(3)9-13/h10-12H,4-9H2,1-3H3. The van der Waals surface area contributed by atoms with E-state index in [-0.39, 0.29) is 0 Å². The molecule has 1 fully saturated rings. The molecule has 0 aromatic carbocycles. The van der Waals surface area contributed by atoms with Gasteiger partial charge in [0, 0.05) is 19.1 Å². The molecule has 2 unspecified atom stereocenters. The lowest BCUT2D eigenvalue weighted by Crippen LogP contribution is -2.43. The Morgan fingerprint density at radius 3 is 3.00 bits per heavy atom. The number of hydrogen-bond donors (Lipinski definition) is 1. The monoisotopic (exact) mass is 200 g/mol. The molecule has 0 aliphatic carbocycles. The average Bonchev–Trinajstić information content (AvgIpc) is 2.15. The van der Waals surface area contributed by atoms with Crippen molar-refractivity contribution in [3.05, 3.63) is 0 Å². The van der Waals surface area contributed by atoms with Crippen LogP contribution < -0.4 is 5.32 Å². The molecule has 0 aromatic heterocycles. The molecule has 3 nitrogen and oxygen atoms in total. The van der Waals surface area contributed by atoms with Crippen LogP contribution in [0.4, 0.5) is 0 Å². The Morgan fingerprint density at radius 2 is 2.36 bits per heavy atom. The summed E-state index contributed by atoms with van der Waals surface area (Å²) in [5.41, 5.74) is 0. The lowest BCUT2D eigenvalue weighted by Gasteiger charge is -2.31. The highest BCUT2D eigenvalue weighted by Crippen LogP contribution is 2.05. The van der Waals surface area contributed by atoms with Crippen LogP contribution in [0.1, 0.15) is 27.2 Å². The summed E-state index contributed by atoms with van der Waals surface area (Å²) in [6.07, 6.45) is 1.65. The summed E-state index contributed by atoms with van der Waals surface area (Å²) in [7, 11) is 0. The number of nitrogens with one attached hydrogen (secondary N) is 1. The minimum absolute atomic E-state index is 0.415. The normalized spacial score (nSPS) is 26.4. The van der Waals surface area contributed by atoms with E-state index in [1.165, 1.54) is 13.0 Å². The molecule has 0 saturated carbocycles. The van der Waals surface area contributed by atoms with Gasteiger partial charge >= 0.3 is 0 Å². The summed E-state index contributed by atoms with van der Waals surface area (Å²) in [5, 5.41) is 3.44. The molecule has 0 radical (unpaired) electrons. The molecular formula is C11H24N2O. The van der Waals surface area contributed by atoms with E-state index in [9.17, 15) is 0 Å². The predicted octanol–water partition coefficient (Wildman–Crippen LogP) is 1.10. The van der Waals surface area contributed by atoms with Gasteiger partial charge in [0.2, 0.25) is 0 Å². The first-order valence-corrected chi connectivity index (χ1v) is 5.79. The maximum atomic E-state index is 5.51. The Balaban J connectivity index is 2.10. The molecule has 0 aromatic rings. The Kier molecular flexibility index (Phi) is 5.45. The van der Waals surface area contributed by atoms with Crippen LogP contribution in [0.25, 0.3) is 0 Å². The molecule has 14 heavy (non-hydrogen) atoms. The van der Waals surface area contributed by atoms with Gasteiger partial charge in [-0.2, -0.15) is 0 Å². The minimum Gasteiger partial charge on any atom is -0.376 e. The molecule has 0 bridgehead atoms. The topological polar surface area (TPSA) is 24.5 Å². The first-order valence-electron chi connectivity index (χ1n) is 5.79. The largest absolute Gasteiger partial charge is 0.376 e. The van der Waals surface area contributed by atoms with Crippen molar-refractivity contribution in [1.82, 2.24) is 10.2 Å². The number of hydrogen-bond acceptors (Lipinski definition) is 3. The Morgan fingerprint density at radius 1 is 1.57 bits per heavy atom.